The van der Waals surface area contributed by atoms with Crippen LogP contribution in [-0.4, -0.2) is 18.6 Å². The lowest BCUT2D eigenvalue weighted by Gasteiger charge is -2.35. The first-order chi connectivity index (χ1) is 13.3. The Morgan fingerprint density at radius 2 is 1.54 bits per heavy atom. The normalized spacial score (nSPS) is 12.8. The largest absolute Gasteiger partial charge is 0.466 e. The van der Waals surface area contributed by atoms with Crippen molar-refractivity contribution in [3.05, 3.63) is 71.8 Å². The Kier molecular flexibility index (Phi) is 7.37. The van der Waals surface area contributed by atoms with Gasteiger partial charge in [0.2, 0.25) is 0 Å². The van der Waals surface area contributed by atoms with E-state index in [1.54, 1.807) is 6.92 Å². The number of hydrogen-bond donors (Lipinski definition) is 1. The minimum Gasteiger partial charge on any atom is -0.466 e. The van der Waals surface area contributed by atoms with Crippen LogP contribution in [0.15, 0.2) is 60.7 Å². The van der Waals surface area contributed by atoms with Crippen molar-refractivity contribution in [1.82, 2.24) is 5.32 Å². The molecule has 0 heterocycles. The molecular formula is C24H30N2O2. The molecule has 0 saturated carbocycles. The highest BCUT2D eigenvalue weighted by Crippen LogP contribution is 2.31. The molecule has 0 aliphatic heterocycles. The van der Waals surface area contributed by atoms with Gasteiger partial charge in [0, 0.05) is 0 Å². The lowest BCUT2D eigenvalue weighted by Crippen LogP contribution is -2.46. The van der Waals surface area contributed by atoms with Crippen molar-refractivity contribution in [3.8, 4) is 6.07 Å². The second-order valence-electron chi connectivity index (χ2n) is 7.83. The van der Waals surface area contributed by atoms with Crippen LogP contribution in [0.5, 0.6) is 0 Å². The van der Waals surface area contributed by atoms with Gasteiger partial charge in [0.25, 0.3) is 0 Å². The predicted molar refractivity (Wildman–Crippen MR) is 112 cm³/mol. The molecule has 1 atom stereocenters. The molecule has 148 valence electrons. The lowest BCUT2D eigenvalue weighted by atomic mass is 9.82. The maximum absolute atomic E-state index is 12.2. The average Bonchev–Trinajstić information content (AvgIpc) is 2.72. The molecule has 0 fully saturated rings. The summed E-state index contributed by atoms with van der Waals surface area (Å²) in [6.07, 6.45) is 1.12. The van der Waals surface area contributed by atoms with E-state index in [4.69, 9.17) is 4.74 Å². The Hall–Kier alpha value is -2.64. The first kappa shape index (κ1) is 21.7. The van der Waals surface area contributed by atoms with Crippen molar-refractivity contribution in [1.29, 1.82) is 5.26 Å². The van der Waals surface area contributed by atoms with Gasteiger partial charge >= 0.3 is 5.97 Å². The van der Waals surface area contributed by atoms with Crippen LogP contribution in [0.2, 0.25) is 0 Å². The van der Waals surface area contributed by atoms with Gasteiger partial charge in [0.15, 0.2) is 0 Å². The van der Waals surface area contributed by atoms with E-state index in [0.717, 1.165) is 11.1 Å². The number of hydrogen-bond acceptors (Lipinski definition) is 4. The molecule has 0 aromatic heterocycles. The molecule has 0 aliphatic rings. The van der Waals surface area contributed by atoms with Gasteiger partial charge in [-0.1, -0.05) is 60.7 Å². The van der Waals surface area contributed by atoms with Gasteiger partial charge in [-0.15, -0.1) is 0 Å². The van der Waals surface area contributed by atoms with Gasteiger partial charge < -0.3 is 4.74 Å². The van der Waals surface area contributed by atoms with Gasteiger partial charge in [0.1, 0.15) is 0 Å². The molecule has 2 aromatic carbocycles. The molecule has 0 saturated heterocycles. The second kappa shape index (κ2) is 9.52. The summed E-state index contributed by atoms with van der Waals surface area (Å²) in [4.78, 5) is 12.2. The summed E-state index contributed by atoms with van der Waals surface area (Å²) in [5.41, 5.74) is 1.04. The second-order valence-corrected chi connectivity index (χ2v) is 7.83. The number of carbonyl (C=O) groups is 1. The highest BCUT2D eigenvalue weighted by molar-refractivity contribution is 5.75. The fourth-order valence-corrected chi connectivity index (χ4v) is 3.33. The topological polar surface area (TPSA) is 62.1 Å². The Morgan fingerprint density at radius 3 is 1.96 bits per heavy atom. The number of nitriles is 1. The quantitative estimate of drug-likeness (QED) is 0.637. The molecule has 1 N–H and O–H groups in total. The summed E-state index contributed by atoms with van der Waals surface area (Å²) < 4.78 is 5.17. The minimum atomic E-state index is -0.622. The van der Waals surface area contributed by atoms with Crippen LogP contribution in [-0.2, 0) is 15.1 Å². The third kappa shape index (κ3) is 5.21. The van der Waals surface area contributed by atoms with Gasteiger partial charge in [-0.25, -0.2) is 0 Å². The summed E-state index contributed by atoms with van der Waals surface area (Å²) in [5, 5.41) is 13.3. The summed E-state index contributed by atoms with van der Waals surface area (Å²) in [6.45, 7) is 8.00. The summed E-state index contributed by atoms with van der Waals surface area (Å²) in [7, 11) is 0. The average molecular weight is 379 g/mol. The first-order valence-corrected chi connectivity index (χ1v) is 9.79. The molecule has 2 aromatic rings. The maximum Gasteiger partial charge on any atom is 0.311 e. The van der Waals surface area contributed by atoms with Crippen LogP contribution >= 0.6 is 0 Å². The zero-order chi connectivity index (χ0) is 20.6. The SMILES string of the molecule is CCOC(=O)C(C)(C)CCC(C#N)NC(C)(c1ccccc1)c1ccccc1. The minimum absolute atomic E-state index is 0.222. The van der Waals surface area contributed by atoms with Gasteiger partial charge in [-0.05, 0) is 51.7 Å². The molecule has 0 amide bonds. The van der Waals surface area contributed by atoms with E-state index < -0.39 is 17.0 Å². The van der Waals surface area contributed by atoms with Crippen LogP contribution in [0.1, 0.15) is 51.7 Å². The van der Waals surface area contributed by atoms with Crippen molar-refractivity contribution in [2.45, 2.75) is 52.1 Å². The fraction of sp³-hybridized carbons (Fsp3) is 0.417. The maximum atomic E-state index is 12.2. The molecule has 0 aliphatic carbocycles. The van der Waals surface area contributed by atoms with E-state index in [1.807, 2.05) is 50.2 Å². The molecule has 1 unspecified atom stereocenters. The summed E-state index contributed by atoms with van der Waals surface area (Å²) >= 11 is 0. The highest BCUT2D eigenvalue weighted by Gasteiger charge is 2.34. The smallest absolute Gasteiger partial charge is 0.311 e. The third-order valence-corrected chi connectivity index (χ3v) is 5.21. The monoisotopic (exact) mass is 378 g/mol. The summed E-state index contributed by atoms with van der Waals surface area (Å²) in [5.74, 6) is -0.222. The fourth-order valence-electron chi connectivity index (χ4n) is 3.33. The van der Waals surface area contributed by atoms with Crippen molar-refractivity contribution in [2.75, 3.05) is 6.61 Å². The number of esters is 1. The Labute approximate surface area is 168 Å². The van der Waals surface area contributed by atoms with Gasteiger partial charge in [-0.2, -0.15) is 5.26 Å². The van der Waals surface area contributed by atoms with Crippen LogP contribution in [0.3, 0.4) is 0 Å². The van der Waals surface area contributed by atoms with Crippen molar-refractivity contribution in [3.63, 3.8) is 0 Å². The molecule has 28 heavy (non-hydrogen) atoms. The lowest BCUT2D eigenvalue weighted by molar-refractivity contribution is -0.153. The van der Waals surface area contributed by atoms with Crippen LogP contribution in [0.25, 0.3) is 0 Å². The van der Waals surface area contributed by atoms with E-state index >= 15 is 0 Å². The van der Waals surface area contributed by atoms with E-state index in [9.17, 15) is 10.1 Å². The number of benzene rings is 2. The van der Waals surface area contributed by atoms with Crippen molar-refractivity contribution in [2.24, 2.45) is 5.41 Å². The predicted octanol–water partition coefficient (Wildman–Crippen LogP) is 4.80. The van der Waals surface area contributed by atoms with Crippen molar-refractivity contribution < 1.29 is 9.53 Å². The third-order valence-electron chi connectivity index (χ3n) is 5.21. The zero-order valence-corrected chi connectivity index (χ0v) is 17.2. The first-order valence-electron chi connectivity index (χ1n) is 9.79. The van der Waals surface area contributed by atoms with E-state index in [-0.39, 0.29) is 5.97 Å². The van der Waals surface area contributed by atoms with Gasteiger partial charge in [0.05, 0.1) is 29.7 Å². The molecule has 0 bridgehead atoms. The Bertz CT molecular complexity index is 755. The zero-order valence-electron chi connectivity index (χ0n) is 17.2. The Balaban J connectivity index is 2.23. The summed E-state index contributed by atoms with van der Waals surface area (Å²) in [6, 6.07) is 22.2. The number of carbonyl (C=O) groups excluding carboxylic acids is 1. The van der Waals surface area contributed by atoms with Crippen LogP contribution in [0, 0.1) is 16.7 Å². The number of nitrogens with one attached hydrogen (secondary N) is 1. The van der Waals surface area contributed by atoms with Gasteiger partial charge in [-0.3, -0.25) is 10.1 Å². The molecule has 4 heteroatoms. The van der Waals surface area contributed by atoms with E-state index in [1.165, 1.54) is 0 Å². The Morgan fingerprint density at radius 1 is 1.04 bits per heavy atom. The molecule has 0 spiro atoms. The number of ether oxygens (including phenoxy) is 1. The molecule has 4 nitrogen and oxygen atoms in total. The van der Waals surface area contributed by atoms with Crippen LogP contribution < -0.4 is 5.32 Å². The molecular weight excluding hydrogens is 348 g/mol. The van der Waals surface area contributed by atoms with E-state index in [2.05, 4.69) is 42.6 Å². The van der Waals surface area contributed by atoms with Crippen LogP contribution in [0.4, 0.5) is 0 Å². The van der Waals surface area contributed by atoms with E-state index in [0.29, 0.717) is 19.4 Å². The molecule has 2 rings (SSSR count). The number of rotatable bonds is 9. The van der Waals surface area contributed by atoms with Crippen molar-refractivity contribution >= 4 is 5.97 Å². The standard InChI is InChI=1S/C24H30N2O2/c1-5-28-22(27)23(2,3)17-16-21(18-25)26-24(4,19-12-8-6-9-13-19)20-14-10-7-11-15-20/h6-15,21,26H,5,16-17H2,1-4H3. The number of nitrogens with zero attached hydrogens (tertiary/aromatic N) is 1. The molecule has 0 radical (unpaired) electrons. The highest BCUT2D eigenvalue weighted by atomic mass is 16.5.